The molecule has 0 radical (unpaired) electrons. The predicted octanol–water partition coefficient (Wildman–Crippen LogP) is 5.02. The van der Waals surface area contributed by atoms with E-state index in [1.165, 1.54) is 10.3 Å². The van der Waals surface area contributed by atoms with Gasteiger partial charge in [0, 0.05) is 24.2 Å². The number of hydrogen-bond acceptors (Lipinski definition) is 5. The molecule has 28 heavy (non-hydrogen) atoms. The second-order valence-corrected chi connectivity index (χ2v) is 7.85. The number of pyridine rings is 2. The summed E-state index contributed by atoms with van der Waals surface area (Å²) < 4.78 is 8.76. The van der Waals surface area contributed by atoms with Gasteiger partial charge in [-0.25, -0.2) is 15.0 Å². The van der Waals surface area contributed by atoms with Crippen LogP contribution in [0.5, 0.6) is 5.88 Å². The Morgan fingerprint density at radius 3 is 2.89 bits per heavy atom. The molecule has 0 aliphatic carbocycles. The number of rotatable bonds is 4. The lowest BCUT2D eigenvalue weighted by Gasteiger charge is -2.06. The summed E-state index contributed by atoms with van der Waals surface area (Å²) >= 11 is 1.75. The maximum atomic E-state index is 5.37. The number of methoxy groups -OCH3 is 1. The normalized spacial score (nSPS) is 11.4. The van der Waals surface area contributed by atoms with Gasteiger partial charge in [0.15, 0.2) is 0 Å². The molecule has 0 saturated heterocycles. The lowest BCUT2D eigenvalue weighted by Crippen LogP contribution is -1.99. The van der Waals surface area contributed by atoms with Gasteiger partial charge < -0.3 is 9.30 Å². The molecule has 2 aliphatic rings. The van der Waals surface area contributed by atoms with E-state index in [1.54, 1.807) is 24.6 Å². The summed E-state index contributed by atoms with van der Waals surface area (Å²) in [4.78, 5) is 13.8. The van der Waals surface area contributed by atoms with E-state index in [-0.39, 0.29) is 0 Å². The van der Waals surface area contributed by atoms with Crippen LogP contribution in [0.4, 0.5) is 0 Å². The lowest BCUT2D eigenvalue weighted by molar-refractivity contribution is 0.399. The Kier molecular flexibility index (Phi) is 4.06. The molecular weight excluding hydrogens is 368 g/mol. The highest BCUT2D eigenvalue weighted by Crippen LogP contribution is 2.33. The zero-order chi connectivity index (χ0) is 19.1. The number of benzene rings is 1. The maximum absolute atomic E-state index is 5.37. The molecule has 0 bridgehead atoms. The van der Waals surface area contributed by atoms with Crippen LogP contribution in [0.3, 0.4) is 0 Å². The first-order valence-corrected chi connectivity index (χ1v) is 9.83. The van der Waals surface area contributed by atoms with Crippen LogP contribution in [-0.2, 0) is 6.54 Å². The first kappa shape index (κ1) is 16.9. The fraction of sp³-hybridized carbons (Fsp3) is 0.136. The number of ether oxygens (including phenoxy) is 1. The van der Waals surface area contributed by atoms with Crippen molar-refractivity contribution in [3.05, 3.63) is 71.6 Å². The minimum absolute atomic E-state index is 0.586. The highest BCUT2D eigenvalue weighted by Gasteiger charge is 2.15. The fourth-order valence-corrected chi connectivity index (χ4v) is 4.44. The molecule has 0 N–H and O–H groups in total. The Morgan fingerprint density at radius 2 is 2.00 bits per heavy atom. The molecule has 5 nitrogen and oxygen atoms in total. The van der Waals surface area contributed by atoms with Crippen molar-refractivity contribution in [1.29, 1.82) is 0 Å². The second-order valence-electron chi connectivity index (χ2n) is 6.74. The Hall–Kier alpha value is -3.25. The quantitative estimate of drug-likeness (QED) is 0.435. The van der Waals surface area contributed by atoms with Gasteiger partial charge in [0.05, 0.1) is 40.8 Å². The van der Waals surface area contributed by atoms with Crippen molar-refractivity contribution in [2.75, 3.05) is 7.11 Å². The molecule has 6 heteroatoms. The summed E-state index contributed by atoms with van der Waals surface area (Å²) in [5.74, 6) is 0.586. The highest BCUT2D eigenvalue weighted by atomic mass is 32.1. The van der Waals surface area contributed by atoms with E-state index in [1.807, 2.05) is 18.2 Å². The van der Waals surface area contributed by atoms with Crippen LogP contribution >= 0.6 is 11.3 Å². The molecule has 2 aliphatic heterocycles. The van der Waals surface area contributed by atoms with E-state index in [0.717, 1.165) is 39.6 Å². The summed E-state index contributed by atoms with van der Waals surface area (Å²) in [6.07, 6.45) is 5.89. The third-order valence-corrected chi connectivity index (χ3v) is 5.71. The Bertz CT molecular complexity index is 1260. The molecule has 0 unspecified atom stereocenters. The van der Waals surface area contributed by atoms with Crippen LogP contribution in [0.15, 0.2) is 61.1 Å². The van der Waals surface area contributed by atoms with E-state index >= 15 is 0 Å². The van der Waals surface area contributed by atoms with Gasteiger partial charge in [0.1, 0.15) is 5.01 Å². The smallest absolute Gasteiger partial charge is 0.222 e. The van der Waals surface area contributed by atoms with Gasteiger partial charge in [-0.1, -0.05) is 6.07 Å². The summed E-state index contributed by atoms with van der Waals surface area (Å²) in [5.41, 5.74) is 6.13. The molecule has 0 amide bonds. The van der Waals surface area contributed by atoms with E-state index < -0.39 is 0 Å². The average molecular weight is 386 g/mol. The van der Waals surface area contributed by atoms with Crippen LogP contribution in [0.25, 0.3) is 32.7 Å². The molecule has 5 rings (SSSR count). The van der Waals surface area contributed by atoms with Crippen molar-refractivity contribution in [2.24, 2.45) is 0 Å². The summed E-state index contributed by atoms with van der Waals surface area (Å²) in [6, 6.07) is 14.4. The van der Waals surface area contributed by atoms with Gasteiger partial charge >= 0.3 is 0 Å². The highest BCUT2D eigenvalue weighted by molar-refractivity contribution is 7.18. The Balaban J connectivity index is 1.48. The molecular formula is C22H18N4OS. The third kappa shape index (κ3) is 3.01. The predicted molar refractivity (Wildman–Crippen MR) is 112 cm³/mol. The minimum Gasteiger partial charge on any atom is -0.481 e. The molecule has 138 valence electrons. The molecule has 0 fully saturated rings. The molecule has 3 aromatic rings. The van der Waals surface area contributed by atoms with Crippen molar-refractivity contribution in [3.63, 3.8) is 0 Å². The van der Waals surface area contributed by atoms with Gasteiger partial charge in [-0.15, -0.1) is 11.3 Å². The summed E-state index contributed by atoms with van der Waals surface area (Å²) in [6.45, 7) is 2.85. The fourth-order valence-electron chi connectivity index (χ4n) is 3.36. The maximum Gasteiger partial charge on any atom is 0.222 e. The first-order chi connectivity index (χ1) is 13.7. The van der Waals surface area contributed by atoms with Crippen molar-refractivity contribution in [3.8, 4) is 28.4 Å². The first-order valence-electron chi connectivity index (χ1n) is 9.01. The van der Waals surface area contributed by atoms with Gasteiger partial charge in [-0.2, -0.15) is 0 Å². The topological polar surface area (TPSA) is 52.8 Å². The number of nitrogens with zero attached hydrogens (tertiary/aromatic N) is 4. The largest absolute Gasteiger partial charge is 0.481 e. The molecule has 1 aromatic carbocycles. The van der Waals surface area contributed by atoms with Crippen molar-refractivity contribution >= 4 is 21.6 Å². The van der Waals surface area contributed by atoms with Crippen LogP contribution < -0.4 is 4.74 Å². The number of fused-ring (bicyclic) bond motifs is 2. The number of hydrogen-bond donors (Lipinski definition) is 0. The van der Waals surface area contributed by atoms with Gasteiger partial charge in [-0.3, -0.25) is 0 Å². The van der Waals surface area contributed by atoms with E-state index in [9.17, 15) is 0 Å². The van der Waals surface area contributed by atoms with Crippen molar-refractivity contribution < 1.29 is 4.74 Å². The summed E-state index contributed by atoms with van der Waals surface area (Å²) in [7, 11) is 1.63. The average Bonchev–Trinajstić information content (AvgIpc) is 3.30. The van der Waals surface area contributed by atoms with Crippen LogP contribution in [0.2, 0.25) is 0 Å². The van der Waals surface area contributed by atoms with E-state index in [0.29, 0.717) is 5.88 Å². The number of aryl methyl sites for hydroxylation is 1. The third-order valence-electron chi connectivity index (χ3n) is 4.70. The minimum atomic E-state index is 0.586. The van der Waals surface area contributed by atoms with Gasteiger partial charge in [0.2, 0.25) is 5.88 Å². The molecule has 0 atom stereocenters. The van der Waals surface area contributed by atoms with Crippen LogP contribution in [-0.4, -0.2) is 26.6 Å². The SMILES string of the molecule is COc1ncccc1-c1cc2cn(Cc3nc4ccc(C)cc4s3)ccc-2n1. The van der Waals surface area contributed by atoms with Crippen molar-refractivity contribution in [2.45, 2.75) is 13.5 Å². The van der Waals surface area contributed by atoms with Crippen LogP contribution in [0, 0.1) is 6.92 Å². The molecule has 2 aromatic heterocycles. The lowest BCUT2D eigenvalue weighted by atomic mass is 10.2. The molecule has 4 heterocycles. The molecule has 0 saturated carbocycles. The van der Waals surface area contributed by atoms with E-state index in [2.05, 4.69) is 53.1 Å². The number of thiazole rings is 1. The van der Waals surface area contributed by atoms with Gasteiger partial charge in [0.25, 0.3) is 0 Å². The Labute approximate surface area is 166 Å². The molecule has 0 spiro atoms. The monoisotopic (exact) mass is 386 g/mol. The number of aromatic nitrogens is 4. The standard InChI is InChI=1S/C22H18N4OS/c1-14-5-6-18-20(10-14)28-21(25-18)13-26-9-7-17-15(12-26)11-19(24-17)16-4-3-8-23-22(16)27-2/h3-12H,13H2,1-2H3. The van der Waals surface area contributed by atoms with Crippen LogP contribution in [0.1, 0.15) is 10.6 Å². The second kappa shape index (κ2) is 6.73. The Morgan fingerprint density at radius 1 is 1.07 bits per heavy atom. The van der Waals surface area contributed by atoms with E-state index in [4.69, 9.17) is 14.7 Å². The van der Waals surface area contributed by atoms with Crippen molar-refractivity contribution in [1.82, 2.24) is 19.5 Å². The van der Waals surface area contributed by atoms with Gasteiger partial charge in [-0.05, 0) is 48.9 Å². The zero-order valence-electron chi connectivity index (χ0n) is 15.6. The summed E-state index contributed by atoms with van der Waals surface area (Å²) in [5, 5.41) is 1.10. The zero-order valence-corrected chi connectivity index (χ0v) is 16.4.